The van der Waals surface area contributed by atoms with Gasteiger partial charge in [-0.05, 0) is 23.6 Å². The van der Waals surface area contributed by atoms with Crippen molar-refractivity contribution in [3.05, 3.63) is 43.7 Å². The molecule has 0 saturated carbocycles. The van der Waals surface area contributed by atoms with Crippen LogP contribution in [0.25, 0.3) is 10.6 Å². The molecule has 0 atom stereocenters. The molecule has 0 aliphatic rings. The molecule has 5 heteroatoms. The fraction of sp³-hybridized carbons (Fsp3) is 0. The molecular weight excluding hydrogens is 281 g/mol. The summed E-state index contributed by atoms with van der Waals surface area (Å²) in [5, 5.41) is 11.5. The van der Waals surface area contributed by atoms with E-state index in [1.54, 1.807) is 6.07 Å². The third-order valence-corrected chi connectivity index (χ3v) is 4.53. The predicted molar refractivity (Wildman–Crippen MR) is 71.9 cm³/mol. The van der Waals surface area contributed by atoms with E-state index in [0.717, 1.165) is 9.75 Å². The van der Waals surface area contributed by atoms with Crippen molar-refractivity contribution in [2.24, 2.45) is 0 Å². The van der Waals surface area contributed by atoms with Gasteiger partial charge >= 0.3 is 0 Å². The summed E-state index contributed by atoms with van der Waals surface area (Å²) in [6, 6.07) is 9.49. The van der Waals surface area contributed by atoms with Crippen LogP contribution in [0.4, 0.5) is 0 Å². The smallest absolute Gasteiger partial charge is 0.102 e. The number of hydrogen-bond donors (Lipinski definition) is 0. The van der Waals surface area contributed by atoms with Crippen LogP contribution >= 0.6 is 45.9 Å². The van der Waals surface area contributed by atoms with Crippen LogP contribution in [0.2, 0.25) is 4.34 Å². The third kappa shape index (κ3) is 2.31. The summed E-state index contributed by atoms with van der Waals surface area (Å²) < 4.78 is 0.664. The second kappa shape index (κ2) is 5.03. The standard InChI is InChI=1S/C11H5Cl2NS2/c12-10-4-3-9(16-10)11(13)7(6-14)8-2-1-5-15-8/h1-5H. The summed E-state index contributed by atoms with van der Waals surface area (Å²) >= 11 is 14.9. The number of hydrogen-bond acceptors (Lipinski definition) is 3. The maximum absolute atomic E-state index is 9.12. The molecule has 0 amide bonds. The first kappa shape index (κ1) is 11.7. The summed E-state index contributed by atoms with van der Waals surface area (Å²) in [5.74, 6) is 0. The van der Waals surface area contributed by atoms with E-state index in [1.807, 2.05) is 23.6 Å². The van der Waals surface area contributed by atoms with Crippen molar-refractivity contribution in [1.82, 2.24) is 0 Å². The Bertz CT molecular complexity index is 561. The van der Waals surface area contributed by atoms with E-state index in [4.69, 9.17) is 28.5 Å². The summed E-state index contributed by atoms with van der Waals surface area (Å²) in [4.78, 5) is 1.69. The molecule has 0 spiro atoms. The predicted octanol–water partition coefficient (Wildman–Crippen LogP) is 5.09. The summed E-state index contributed by atoms with van der Waals surface area (Å²) in [5.41, 5.74) is 0.496. The number of allylic oxidation sites excluding steroid dienone is 1. The number of rotatable bonds is 2. The fourth-order valence-corrected chi connectivity index (χ4v) is 3.28. The van der Waals surface area contributed by atoms with Crippen molar-refractivity contribution >= 4 is 56.5 Å². The van der Waals surface area contributed by atoms with Gasteiger partial charge in [0.2, 0.25) is 0 Å². The molecular formula is C11H5Cl2NS2. The number of nitrogens with zero attached hydrogens (tertiary/aromatic N) is 1. The van der Waals surface area contributed by atoms with Gasteiger partial charge in [0, 0.05) is 9.75 Å². The van der Waals surface area contributed by atoms with Crippen LogP contribution in [0.15, 0.2) is 29.6 Å². The number of thiophene rings is 2. The van der Waals surface area contributed by atoms with Gasteiger partial charge in [-0.3, -0.25) is 0 Å². The van der Waals surface area contributed by atoms with Crippen molar-refractivity contribution in [1.29, 1.82) is 5.26 Å². The van der Waals surface area contributed by atoms with E-state index in [9.17, 15) is 0 Å². The van der Waals surface area contributed by atoms with Crippen molar-refractivity contribution in [2.45, 2.75) is 0 Å². The zero-order valence-corrected chi connectivity index (χ0v) is 11.1. The summed E-state index contributed by atoms with van der Waals surface area (Å²) in [6.07, 6.45) is 0. The fourth-order valence-electron chi connectivity index (χ4n) is 1.19. The van der Waals surface area contributed by atoms with E-state index in [1.165, 1.54) is 22.7 Å². The summed E-state index contributed by atoms with van der Waals surface area (Å²) in [7, 11) is 0. The minimum atomic E-state index is 0.460. The Labute approximate surface area is 111 Å². The lowest BCUT2D eigenvalue weighted by Gasteiger charge is -1.98. The molecule has 1 nitrogen and oxygen atoms in total. The van der Waals surface area contributed by atoms with E-state index in [-0.39, 0.29) is 0 Å². The molecule has 0 unspecified atom stereocenters. The van der Waals surface area contributed by atoms with Crippen LogP contribution in [0.5, 0.6) is 0 Å². The zero-order chi connectivity index (χ0) is 11.5. The molecule has 0 saturated heterocycles. The second-order valence-corrected chi connectivity index (χ2v) is 5.92. The monoisotopic (exact) mass is 285 g/mol. The first-order valence-corrected chi connectivity index (χ1v) is 6.77. The first-order valence-electron chi connectivity index (χ1n) is 4.32. The lowest BCUT2D eigenvalue weighted by molar-refractivity contribution is 1.54. The lowest BCUT2D eigenvalue weighted by atomic mass is 10.2. The molecule has 0 aliphatic carbocycles. The van der Waals surface area contributed by atoms with Crippen molar-refractivity contribution in [3.8, 4) is 6.07 Å². The van der Waals surface area contributed by atoms with Crippen molar-refractivity contribution in [2.75, 3.05) is 0 Å². The molecule has 0 bridgehead atoms. The molecule has 0 radical (unpaired) electrons. The Balaban J connectivity index is 2.51. The van der Waals surface area contributed by atoms with E-state index >= 15 is 0 Å². The highest BCUT2D eigenvalue weighted by Crippen LogP contribution is 2.36. The van der Waals surface area contributed by atoms with E-state index in [0.29, 0.717) is 14.9 Å². The van der Waals surface area contributed by atoms with Crippen LogP contribution in [0.1, 0.15) is 9.75 Å². The summed E-state index contributed by atoms with van der Waals surface area (Å²) in [6.45, 7) is 0. The Morgan fingerprint density at radius 3 is 2.56 bits per heavy atom. The van der Waals surface area contributed by atoms with E-state index < -0.39 is 0 Å². The zero-order valence-electron chi connectivity index (χ0n) is 7.91. The highest BCUT2D eigenvalue weighted by molar-refractivity contribution is 7.18. The Kier molecular flexibility index (Phi) is 3.67. The van der Waals surface area contributed by atoms with Gasteiger partial charge in [0.05, 0.1) is 14.9 Å². The van der Waals surface area contributed by atoms with Gasteiger partial charge in [0.1, 0.15) is 6.07 Å². The van der Waals surface area contributed by atoms with Gasteiger partial charge in [-0.1, -0.05) is 29.3 Å². The average Bonchev–Trinajstić information content (AvgIpc) is 2.90. The number of nitriles is 1. The minimum absolute atomic E-state index is 0.460. The van der Waals surface area contributed by atoms with Gasteiger partial charge in [-0.15, -0.1) is 22.7 Å². The maximum Gasteiger partial charge on any atom is 0.102 e. The van der Waals surface area contributed by atoms with Gasteiger partial charge in [-0.2, -0.15) is 5.26 Å². The van der Waals surface area contributed by atoms with Crippen LogP contribution in [-0.4, -0.2) is 0 Å². The van der Waals surface area contributed by atoms with E-state index in [2.05, 4.69) is 6.07 Å². The normalized spacial score (nSPS) is 12.1. The Morgan fingerprint density at radius 1 is 1.25 bits per heavy atom. The molecule has 16 heavy (non-hydrogen) atoms. The SMILES string of the molecule is N#CC(=C(Cl)c1ccc(Cl)s1)c1cccs1. The average molecular weight is 286 g/mol. The maximum atomic E-state index is 9.12. The molecule has 0 N–H and O–H groups in total. The minimum Gasteiger partial charge on any atom is -0.192 e. The quantitative estimate of drug-likeness (QED) is 0.705. The second-order valence-electron chi connectivity index (χ2n) is 2.88. The van der Waals surface area contributed by atoms with Gasteiger partial charge in [0.15, 0.2) is 0 Å². The van der Waals surface area contributed by atoms with Crippen LogP contribution in [0.3, 0.4) is 0 Å². The van der Waals surface area contributed by atoms with Gasteiger partial charge in [0.25, 0.3) is 0 Å². The van der Waals surface area contributed by atoms with Gasteiger partial charge < -0.3 is 0 Å². The Morgan fingerprint density at radius 2 is 2.06 bits per heavy atom. The molecule has 2 aromatic rings. The molecule has 2 heterocycles. The lowest BCUT2D eigenvalue weighted by Crippen LogP contribution is -1.78. The molecule has 2 aromatic heterocycles. The first-order chi connectivity index (χ1) is 7.72. The van der Waals surface area contributed by atoms with Gasteiger partial charge in [-0.25, -0.2) is 0 Å². The highest BCUT2D eigenvalue weighted by atomic mass is 35.5. The Hall–Kier alpha value is -0.790. The van der Waals surface area contributed by atoms with Crippen molar-refractivity contribution in [3.63, 3.8) is 0 Å². The van der Waals surface area contributed by atoms with Crippen LogP contribution < -0.4 is 0 Å². The molecule has 80 valence electrons. The highest BCUT2D eigenvalue weighted by Gasteiger charge is 2.11. The molecule has 0 aliphatic heterocycles. The third-order valence-electron chi connectivity index (χ3n) is 1.89. The van der Waals surface area contributed by atoms with Crippen molar-refractivity contribution < 1.29 is 0 Å². The van der Waals surface area contributed by atoms with Crippen LogP contribution in [-0.2, 0) is 0 Å². The van der Waals surface area contributed by atoms with Crippen LogP contribution in [0, 0.1) is 11.3 Å². The molecule has 0 fully saturated rings. The topological polar surface area (TPSA) is 23.8 Å². The largest absolute Gasteiger partial charge is 0.192 e. The molecule has 2 rings (SSSR count). The molecule has 0 aromatic carbocycles. The number of halogens is 2.